The fourth-order valence-corrected chi connectivity index (χ4v) is 5.74. The first-order valence-electron chi connectivity index (χ1n) is 11.7. The molecule has 5 aromatic rings. The number of halogens is 6. The minimum Gasteiger partial charge on any atom is -0.453 e. The minimum atomic E-state index is -5.58. The van der Waals surface area contributed by atoms with Crippen LogP contribution in [0.2, 0.25) is 5.02 Å². The largest absolute Gasteiger partial charge is 0.493 e. The summed E-state index contributed by atoms with van der Waals surface area (Å²) in [5.41, 5.74) is 2.75. The summed E-state index contributed by atoms with van der Waals surface area (Å²) in [6.45, 7) is 0. The van der Waals surface area contributed by atoms with Crippen LogP contribution in [0.1, 0.15) is 0 Å². The number of rotatable bonds is 8. The highest BCUT2D eigenvalue weighted by Crippen LogP contribution is 2.40. The third-order valence-electron chi connectivity index (χ3n) is 5.61. The van der Waals surface area contributed by atoms with E-state index in [0.29, 0.717) is 34.5 Å². The van der Waals surface area contributed by atoms with Gasteiger partial charge in [0.2, 0.25) is 5.95 Å². The van der Waals surface area contributed by atoms with Gasteiger partial charge in [-0.05, 0) is 24.3 Å². The van der Waals surface area contributed by atoms with E-state index < -0.39 is 59.9 Å². The van der Waals surface area contributed by atoms with Gasteiger partial charge in [-0.1, -0.05) is 16.1 Å². The van der Waals surface area contributed by atoms with E-state index in [4.69, 9.17) is 16.3 Å². The van der Waals surface area contributed by atoms with Crippen LogP contribution >= 0.6 is 22.9 Å². The number of anilines is 1. The van der Waals surface area contributed by atoms with Gasteiger partial charge in [0.25, 0.3) is 10.0 Å². The number of carbonyl (C=O) groups excluding carboxylic acids is 1. The summed E-state index contributed by atoms with van der Waals surface area (Å²) in [7, 11) is -3.69. The predicted molar refractivity (Wildman–Crippen MR) is 145 cm³/mol. The van der Waals surface area contributed by atoms with Gasteiger partial charge in [0.1, 0.15) is 16.5 Å². The van der Waals surface area contributed by atoms with Crippen molar-refractivity contribution in [1.29, 1.82) is 0 Å². The van der Waals surface area contributed by atoms with Crippen molar-refractivity contribution in [3.63, 3.8) is 0 Å². The topological polar surface area (TPSA) is 129 Å². The number of nitrogens with zero attached hydrogens (tertiary/aromatic N) is 6. The van der Waals surface area contributed by atoms with Crippen LogP contribution in [-0.2, 0) is 26.7 Å². The van der Waals surface area contributed by atoms with E-state index in [1.807, 2.05) is 0 Å². The lowest BCUT2D eigenvalue weighted by molar-refractivity contribution is -0.199. The van der Waals surface area contributed by atoms with Gasteiger partial charge >= 0.3 is 12.1 Å². The molecule has 4 heterocycles. The van der Waals surface area contributed by atoms with Crippen LogP contribution in [-0.4, -0.2) is 45.3 Å². The first-order chi connectivity index (χ1) is 20.7. The van der Waals surface area contributed by atoms with Crippen LogP contribution < -0.4 is 9.21 Å². The van der Waals surface area contributed by atoms with Gasteiger partial charge in [-0.3, -0.25) is 9.67 Å². The third-order valence-corrected chi connectivity index (χ3v) is 8.05. The van der Waals surface area contributed by atoms with Gasteiger partial charge in [0.05, 0.1) is 28.6 Å². The van der Waals surface area contributed by atoms with Gasteiger partial charge in [0, 0.05) is 47.6 Å². The molecule has 228 valence electrons. The summed E-state index contributed by atoms with van der Waals surface area (Å²) in [5, 5.41) is 4.57. The number of benzene rings is 1. The van der Waals surface area contributed by atoms with Crippen LogP contribution in [0.4, 0.5) is 27.8 Å². The molecule has 5 rings (SSSR count). The van der Waals surface area contributed by atoms with Crippen LogP contribution in [0.3, 0.4) is 0 Å². The fraction of sp³-hybridized carbons (Fsp3) is 0.0800. The molecule has 0 radical (unpaired) electrons. The van der Waals surface area contributed by atoms with Crippen molar-refractivity contribution in [2.45, 2.75) is 11.1 Å². The number of hydrogen-bond acceptors (Lipinski definition) is 10. The lowest BCUT2D eigenvalue weighted by Crippen LogP contribution is -2.39. The number of hydrogen-bond donors (Lipinski definition) is 0. The zero-order valence-electron chi connectivity index (χ0n) is 21.7. The van der Waals surface area contributed by atoms with E-state index in [1.54, 1.807) is 19.3 Å². The Morgan fingerprint density at radius 1 is 1.02 bits per heavy atom. The predicted octanol–water partition coefficient (Wildman–Crippen LogP) is 5.94. The number of ether oxygens (including phenoxy) is 1. The Hall–Kier alpha value is -4.68. The van der Waals surface area contributed by atoms with Crippen molar-refractivity contribution >= 4 is 44.7 Å². The van der Waals surface area contributed by atoms with Crippen LogP contribution in [0.25, 0.3) is 22.4 Å². The summed E-state index contributed by atoms with van der Waals surface area (Å²) < 4.78 is 101. The molecule has 0 amide bonds. The molecule has 0 saturated carbocycles. The van der Waals surface area contributed by atoms with E-state index in [2.05, 4.69) is 24.9 Å². The summed E-state index contributed by atoms with van der Waals surface area (Å²) >= 11 is 7.02. The molecular formula is C25H14ClF5N6O5S2. The second kappa shape index (κ2) is 11.8. The maximum atomic E-state index is 15.4. The van der Waals surface area contributed by atoms with Crippen molar-refractivity contribution < 1.29 is 44.7 Å². The molecule has 0 aliphatic heterocycles. The zero-order chi connectivity index (χ0) is 31.8. The van der Waals surface area contributed by atoms with E-state index in [0.717, 1.165) is 28.3 Å². The van der Waals surface area contributed by atoms with Gasteiger partial charge < -0.3 is 9.57 Å². The quantitative estimate of drug-likeness (QED) is 0.112. The molecule has 11 nitrogen and oxygen atoms in total. The number of alkyl halides is 3. The molecule has 0 N–H and O–H groups in total. The fourth-order valence-electron chi connectivity index (χ4n) is 3.63. The van der Waals surface area contributed by atoms with Crippen molar-refractivity contribution in [2.24, 2.45) is 7.05 Å². The summed E-state index contributed by atoms with van der Waals surface area (Å²) in [5.74, 6) is -6.24. The number of sulfonamides is 1. The number of carbonyl (C=O) groups is 1. The van der Waals surface area contributed by atoms with Gasteiger partial charge in [-0.2, -0.15) is 31.1 Å². The normalized spacial score (nSPS) is 11.8. The zero-order valence-corrected chi connectivity index (χ0v) is 24.0. The molecule has 0 unspecified atom stereocenters. The first-order valence-corrected chi connectivity index (χ1v) is 14.5. The number of aromatic nitrogens is 5. The van der Waals surface area contributed by atoms with E-state index in [-0.39, 0.29) is 5.75 Å². The van der Waals surface area contributed by atoms with E-state index in [1.165, 1.54) is 29.3 Å². The van der Waals surface area contributed by atoms with Gasteiger partial charge in [-0.15, -0.1) is 11.3 Å². The molecule has 4 aromatic heterocycles. The molecule has 0 atom stereocenters. The average Bonchev–Trinajstić information content (AvgIpc) is 3.65. The maximum Gasteiger partial charge on any atom is 0.493 e. The molecule has 44 heavy (non-hydrogen) atoms. The maximum absolute atomic E-state index is 15.4. The summed E-state index contributed by atoms with van der Waals surface area (Å²) in [4.78, 5) is 25.7. The van der Waals surface area contributed by atoms with Crippen LogP contribution in [0.5, 0.6) is 11.5 Å². The molecule has 0 bridgehead atoms. The average molecular weight is 673 g/mol. The third kappa shape index (κ3) is 6.31. The van der Waals surface area contributed by atoms with Crippen LogP contribution in [0, 0.1) is 11.8 Å². The Morgan fingerprint density at radius 3 is 2.41 bits per heavy atom. The molecule has 0 fully saturated rings. The smallest absolute Gasteiger partial charge is 0.453 e. The highest BCUT2D eigenvalue weighted by atomic mass is 35.5. The number of aryl methyl sites for hydroxylation is 1. The Balaban J connectivity index is 1.53. The van der Waals surface area contributed by atoms with Crippen molar-refractivity contribution in [1.82, 2.24) is 24.7 Å². The molecule has 0 spiro atoms. The molecule has 0 saturated heterocycles. The van der Waals surface area contributed by atoms with Crippen molar-refractivity contribution in [3.05, 3.63) is 82.8 Å². The molecule has 1 aromatic carbocycles. The second-order valence-electron chi connectivity index (χ2n) is 8.61. The second-order valence-corrected chi connectivity index (χ2v) is 11.5. The number of pyridine rings is 2. The van der Waals surface area contributed by atoms with Crippen LogP contribution in [0.15, 0.2) is 70.9 Å². The Bertz CT molecular complexity index is 1960. The molecule has 0 aliphatic carbocycles. The van der Waals surface area contributed by atoms with E-state index >= 15 is 4.39 Å². The Kier molecular flexibility index (Phi) is 8.23. The standard InChI is InChI=1S/C25H14ClF5N6O5S2/c1-36-10-14(8-35-36)15-4-18(13-2-3-22(28)33-7-13)32-9-20(15)41-19-6-17(27)21(5-16(19)26)44(39,40)37(23-11-43-12-34-23)42-24(38)25(29,30)31/h2-12H,1H3. The minimum absolute atomic E-state index is 0.0111. The molecule has 0 aliphatic rings. The monoisotopic (exact) mass is 672 g/mol. The van der Waals surface area contributed by atoms with Gasteiger partial charge in [-0.25, -0.2) is 19.2 Å². The lowest BCUT2D eigenvalue weighted by Gasteiger charge is -2.21. The molecule has 19 heteroatoms. The number of thiazole rings is 1. The SMILES string of the molecule is Cn1cc(-c2cc(-c3ccc(F)nc3)ncc2Oc2cc(F)c(S(=O)(=O)N(OC(=O)C(F)(F)F)c3cscn3)cc2Cl)cn1. The van der Waals surface area contributed by atoms with Gasteiger partial charge in [0.15, 0.2) is 11.6 Å². The highest BCUT2D eigenvalue weighted by Gasteiger charge is 2.45. The summed E-state index contributed by atoms with van der Waals surface area (Å²) in [6.07, 6.45) is 0.0442. The Labute approximate surface area is 253 Å². The summed E-state index contributed by atoms with van der Waals surface area (Å²) in [6, 6.07) is 5.29. The Morgan fingerprint density at radius 2 is 1.80 bits per heavy atom. The van der Waals surface area contributed by atoms with Crippen molar-refractivity contribution in [3.8, 4) is 33.9 Å². The lowest BCUT2D eigenvalue weighted by atomic mass is 10.1. The highest BCUT2D eigenvalue weighted by molar-refractivity contribution is 7.92. The van der Waals surface area contributed by atoms with E-state index in [9.17, 15) is 30.8 Å². The van der Waals surface area contributed by atoms with Crippen molar-refractivity contribution in [2.75, 3.05) is 4.47 Å². The molecular weight excluding hydrogens is 659 g/mol. The first kappa shape index (κ1) is 30.8.